The van der Waals surface area contributed by atoms with Crippen LogP contribution in [0.5, 0.6) is 0 Å². The van der Waals surface area contributed by atoms with Crippen LogP contribution in [0.15, 0.2) is 47.8 Å². The molecule has 0 spiro atoms. The summed E-state index contributed by atoms with van der Waals surface area (Å²) in [5.41, 5.74) is 3.10. The smallest absolute Gasteiger partial charge is 0.261 e. The molecule has 27 heavy (non-hydrogen) atoms. The highest BCUT2D eigenvalue weighted by atomic mass is 32.1. The Morgan fingerprint density at radius 3 is 2.74 bits per heavy atom. The predicted octanol–water partition coefficient (Wildman–Crippen LogP) is 3.18. The number of fused-ring (bicyclic) bond motifs is 1. The summed E-state index contributed by atoms with van der Waals surface area (Å²) in [7, 11) is 0. The Labute approximate surface area is 161 Å². The molecule has 6 nitrogen and oxygen atoms in total. The number of nitrogens with zero attached hydrogens (tertiary/aromatic N) is 2. The third-order valence-electron chi connectivity index (χ3n) is 4.55. The molecule has 0 aliphatic heterocycles. The number of nitrogens with one attached hydrogen (secondary N) is 2. The maximum atomic E-state index is 12.5. The number of amides is 2. The molecule has 2 N–H and O–H groups in total. The van der Waals surface area contributed by atoms with Gasteiger partial charge in [-0.2, -0.15) is 5.10 Å². The number of carbonyl (C=O) groups excluding carboxylic acids is 2. The van der Waals surface area contributed by atoms with Crippen molar-refractivity contribution in [2.75, 3.05) is 11.9 Å². The molecule has 2 heterocycles. The topological polar surface area (TPSA) is 76.0 Å². The van der Waals surface area contributed by atoms with Crippen molar-refractivity contribution in [1.29, 1.82) is 0 Å². The van der Waals surface area contributed by atoms with E-state index in [-0.39, 0.29) is 18.2 Å². The molecule has 0 unspecified atom stereocenters. The molecule has 4 rings (SSSR count). The number of hydrogen-bond acceptors (Lipinski definition) is 4. The van der Waals surface area contributed by atoms with E-state index in [1.165, 1.54) is 11.3 Å². The van der Waals surface area contributed by atoms with Gasteiger partial charge in [-0.1, -0.05) is 24.3 Å². The lowest BCUT2D eigenvalue weighted by molar-refractivity contribution is -0.116. The van der Waals surface area contributed by atoms with E-state index in [1.54, 1.807) is 6.07 Å². The molecule has 1 aliphatic carbocycles. The lowest BCUT2D eigenvalue weighted by atomic mass is 10.2. The Morgan fingerprint density at radius 2 is 1.96 bits per heavy atom. The minimum Gasteiger partial charge on any atom is -0.351 e. The van der Waals surface area contributed by atoms with Crippen LogP contribution in [0.25, 0.3) is 5.69 Å². The summed E-state index contributed by atoms with van der Waals surface area (Å²) in [4.78, 5) is 25.1. The van der Waals surface area contributed by atoms with Crippen molar-refractivity contribution in [3.8, 4) is 5.69 Å². The molecule has 7 heteroatoms. The van der Waals surface area contributed by atoms with E-state index in [0.29, 0.717) is 11.4 Å². The van der Waals surface area contributed by atoms with E-state index >= 15 is 0 Å². The van der Waals surface area contributed by atoms with Crippen molar-refractivity contribution in [3.05, 3.63) is 64.0 Å². The highest BCUT2D eigenvalue weighted by Crippen LogP contribution is 2.30. The van der Waals surface area contributed by atoms with Crippen LogP contribution < -0.4 is 10.6 Å². The number of aromatic nitrogens is 2. The fraction of sp³-hybridized carbons (Fsp3) is 0.250. The van der Waals surface area contributed by atoms with Crippen LogP contribution in [-0.4, -0.2) is 28.1 Å². The number of carbonyl (C=O) groups is 2. The molecule has 0 bridgehead atoms. The second kappa shape index (κ2) is 7.75. The van der Waals surface area contributed by atoms with Crippen molar-refractivity contribution >= 4 is 29.0 Å². The predicted molar refractivity (Wildman–Crippen MR) is 105 cm³/mol. The number of thiophene rings is 1. The Morgan fingerprint density at radius 1 is 1.11 bits per heavy atom. The van der Waals surface area contributed by atoms with Gasteiger partial charge in [-0.3, -0.25) is 9.59 Å². The van der Waals surface area contributed by atoms with Gasteiger partial charge >= 0.3 is 0 Å². The second-order valence-electron chi connectivity index (χ2n) is 6.41. The summed E-state index contributed by atoms with van der Waals surface area (Å²) < 4.78 is 1.81. The summed E-state index contributed by atoms with van der Waals surface area (Å²) in [6.07, 6.45) is 3.14. The van der Waals surface area contributed by atoms with E-state index < -0.39 is 0 Å². The summed E-state index contributed by atoms with van der Waals surface area (Å²) in [5.74, 6) is 0.476. The van der Waals surface area contributed by atoms with Crippen molar-refractivity contribution in [2.45, 2.75) is 25.7 Å². The lowest BCUT2D eigenvalue weighted by Crippen LogP contribution is -2.27. The van der Waals surface area contributed by atoms with Gasteiger partial charge in [0, 0.05) is 18.5 Å². The fourth-order valence-electron chi connectivity index (χ4n) is 3.26. The number of para-hydroxylation sites is 1. The molecule has 138 valence electrons. The van der Waals surface area contributed by atoms with Gasteiger partial charge in [0.2, 0.25) is 5.91 Å². The number of hydrogen-bond donors (Lipinski definition) is 2. The molecule has 3 aromatic rings. The average molecular weight is 380 g/mol. The van der Waals surface area contributed by atoms with Gasteiger partial charge in [0.25, 0.3) is 5.91 Å². The SMILES string of the molecule is O=C(CCNC(=O)c1cccs1)Nc1c2c(nn1-c1ccccc1)CCC2. The largest absolute Gasteiger partial charge is 0.351 e. The first kappa shape index (κ1) is 17.5. The maximum Gasteiger partial charge on any atom is 0.261 e. The van der Waals surface area contributed by atoms with E-state index in [4.69, 9.17) is 0 Å². The van der Waals surface area contributed by atoms with Crippen LogP contribution in [0.2, 0.25) is 0 Å². The Kier molecular flexibility index (Phi) is 5.02. The first-order valence-corrected chi connectivity index (χ1v) is 9.88. The van der Waals surface area contributed by atoms with E-state index in [0.717, 1.165) is 42.0 Å². The van der Waals surface area contributed by atoms with Gasteiger partial charge in [0.15, 0.2) is 0 Å². The van der Waals surface area contributed by atoms with Gasteiger partial charge in [0.05, 0.1) is 16.3 Å². The molecule has 0 saturated heterocycles. The molecular formula is C20H20N4O2S. The van der Waals surface area contributed by atoms with Crippen molar-refractivity contribution in [1.82, 2.24) is 15.1 Å². The van der Waals surface area contributed by atoms with Crippen molar-refractivity contribution in [3.63, 3.8) is 0 Å². The average Bonchev–Trinajstić information content (AvgIpc) is 3.41. The highest BCUT2D eigenvalue weighted by molar-refractivity contribution is 7.12. The summed E-state index contributed by atoms with van der Waals surface area (Å²) in [5, 5.41) is 12.3. The molecule has 0 atom stereocenters. The molecule has 1 aromatic carbocycles. The van der Waals surface area contributed by atoms with Crippen LogP contribution in [0, 0.1) is 0 Å². The Balaban J connectivity index is 1.43. The van der Waals surface area contributed by atoms with Gasteiger partial charge < -0.3 is 10.6 Å². The quantitative estimate of drug-likeness (QED) is 0.690. The lowest BCUT2D eigenvalue weighted by Gasteiger charge is -2.11. The van der Waals surface area contributed by atoms with Gasteiger partial charge in [-0.25, -0.2) is 4.68 Å². The Bertz CT molecular complexity index is 948. The van der Waals surface area contributed by atoms with E-state index in [9.17, 15) is 9.59 Å². The Hall–Kier alpha value is -2.93. The molecule has 0 fully saturated rings. The molecule has 1 aliphatic rings. The first-order chi connectivity index (χ1) is 13.2. The second-order valence-corrected chi connectivity index (χ2v) is 7.35. The molecule has 0 radical (unpaired) electrons. The summed E-state index contributed by atoms with van der Waals surface area (Å²) in [6, 6.07) is 13.4. The molecular weight excluding hydrogens is 360 g/mol. The van der Waals surface area contributed by atoms with Gasteiger partial charge in [-0.05, 0) is 42.8 Å². The summed E-state index contributed by atoms with van der Waals surface area (Å²) in [6.45, 7) is 0.296. The standard InChI is InChI=1S/C20H20N4O2S/c25-18(11-12-21-20(26)17-10-5-13-27-17)22-19-15-8-4-9-16(15)23-24(19)14-6-2-1-3-7-14/h1-3,5-7,10,13H,4,8-9,11-12H2,(H,21,26)(H,22,25). The van der Waals surface area contributed by atoms with Crippen molar-refractivity contribution < 1.29 is 9.59 Å². The zero-order chi connectivity index (χ0) is 18.6. The number of benzene rings is 1. The number of rotatable bonds is 6. The van der Waals surface area contributed by atoms with E-state index in [1.807, 2.05) is 46.5 Å². The third-order valence-corrected chi connectivity index (χ3v) is 5.42. The molecule has 2 aromatic heterocycles. The third kappa shape index (κ3) is 3.78. The van der Waals surface area contributed by atoms with Crippen LogP contribution in [0.3, 0.4) is 0 Å². The van der Waals surface area contributed by atoms with Crippen LogP contribution in [0.1, 0.15) is 33.8 Å². The van der Waals surface area contributed by atoms with Crippen molar-refractivity contribution in [2.24, 2.45) is 0 Å². The summed E-state index contributed by atoms with van der Waals surface area (Å²) >= 11 is 1.38. The maximum absolute atomic E-state index is 12.5. The van der Waals surface area contributed by atoms with E-state index in [2.05, 4.69) is 15.7 Å². The van der Waals surface area contributed by atoms with Crippen LogP contribution >= 0.6 is 11.3 Å². The number of aryl methyl sites for hydroxylation is 1. The molecule has 0 saturated carbocycles. The zero-order valence-electron chi connectivity index (χ0n) is 14.8. The van der Waals surface area contributed by atoms with Gasteiger partial charge in [0.1, 0.15) is 5.82 Å². The monoisotopic (exact) mass is 380 g/mol. The van der Waals surface area contributed by atoms with Crippen LogP contribution in [0.4, 0.5) is 5.82 Å². The number of anilines is 1. The minimum atomic E-state index is -0.145. The highest BCUT2D eigenvalue weighted by Gasteiger charge is 2.24. The minimum absolute atomic E-state index is 0.131. The normalized spacial score (nSPS) is 12.6. The van der Waals surface area contributed by atoms with Gasteiger partial charge in [-0.15, -0.1) is 11.3 Å². The molecule has 2 amide bonds. The van der Waals surface area contributed by atoms with Crippen LogP contribution in [-0.2, 0) is 17.6 Å². The first-order valence-electron chi connectivity index (χ1n) is 9.00. The fourth-order valence-corrected chi connectivity index (χ4v) is 3.90. The zero-order valence-corrected chi connectivity index (χ0v) is 15.6.